The zero-order valence-electron chi connectivity index (χ0n) is 11.6. The van der Waals surface area contributed by atoms with Gasteiger partial charge in [-0.3, -0.25) is 0 Å². The van der Waals surface area contributed by atoms with Crippen LogP contribution in [0.15, 0.2) is 12.1 Å². The second kappa shape index (κ2) is 6.54. The lowest BCUT2D eigenvalue weighted by molar-refractivity contribution is -0.0505. The molecule has 0 aromatic heterocycles. The van der Waals surface area contributed by atoms with Crippen LogP contribution in [-0.4, -0.2) is 27.9 Å². The largest absolute Gasteiger partial charge is 0.534 e. The van der Waals surface area contributed by atoms with E-state index in [0.29, 0.717) is 0 Å². The molecule has 0 saturated carbocycles. The van der Waals surface area contributed by atoms with Crippen LogP contribution in [-0.2, 0) is 20.2 Å². The minimum absolute atomic E-state index is 0.220. The van der Waals surface area contributed by atoms with Gasteiger partial charge in [-0.25, -0.2) is 4.85 Å². The van der Waals surface area contributed by atoms with Gasteiger partial charge in [-0.05, 0) is 12.1 Å². The van der Waals surface area contributed by atoms with Gasteiger partial charge in [0, 0.05) is 0 Å². The molecule has 0 saturated heterocycles. The van der Waals surface area contributed by atoms with Gasteiger partial charge in [0.15, 0.2) is 11.5 Å². The quantitative estimate of drug-likeness (QED) is 0.316. The van der Waals surface area contributed by atoms with E-state index in [2.05, 4.69) is 13.2 Å². The molecule has 0 aliphatic heterocycles. The summed E-state index contributed by atoms with van der Waals surface area (Å²) in [4.78, 5) is 2.48. The number of hydrogen-bond acceptors (Lipinski definition) is 7. The molecule has 0 bridgehead atoms. The molecule has 8 nitrogen and oxygen atoms in total. The zero-order chi connectivity index (χ0) is 20.6. The maximum Gasteiger partial charge on any atom is 0.534 e. The van der Waals surface area contributed by atoms with Crippen LogP contribution in [0.25, 0.3) is 4.85 Å². The van der Waals surface area contributed by atoms with E-state index in [4.69, 9.17) is 11.8 Å². The molecule has 0 aliphatic carbocycles. The van der Waals surface area contributed by atoms with E-state index in [1.165, 1.54) is 0 Å². The van der Waals surface area contributed by atoms with Gasteiger partial charge in [0.2, 0.25) is 0 Å². The highest BCUT2D eigenvalue weighted by Crippen LogP contribution is 2.41. The van der Waals surface area contributed by atoms with Gasteiger partial charge in [0.05, 0.1) is 12.6 Å². The van der Waals surface area contributed by atoms with Crippen LogP contribution in [0, 0.1) is 17.9 Å². The number of nitriles is 1. The van der Waals surface area contributed by atoms with Gasteiger partial charge in [-0.2, -0.15) is 48.4 Å². The number of rotatable bonds is 4. The third-order valence-electron chi connectivity index (χ3n) is 2.29. The summed E-state index contributed by atoms with van der Waals surface area (Å²) in [5, 5.41) is 8.84. The summed E-state index contributed by atoms with van der Waals surface area (Å²) >= 11 is 0. The first-order valence-corrected chi connectivity index (χ1v) is 8.35. The lowest BCUT2D eigenvalue weighted by Gasteiger charge is -2.14. The molecule has 0 spiro atoms. The molecule has 142 valence electrons. The van der Waals surface area contributed by atoms with Crippen LogP contribution in [0.2, 0.25) is 0 Å². The van der Waals surface area contributed by atoms with Crippen molar-refractivity contribution in [1.29, 1.82) is 5.26 Å². The molecule has 0 atom stereocenters. The van der Waals surface area contributed by atoms with Crippen molar-refractivity contribution in [2.75, 3.05) is 0 Å². The Labute approximate surface area is 141 Å². The van der Waals surface area contributed by atoms with Crippen molar-refractivity contribution in [1.82, 2.24) is 0 Å². The Kier molecular flexibility index (Phi) is 5.36. The summed E-state index contributed by atoms with van der Waals surface area (Å²) in [7, 11) is -12.5. The number of benzene rings is 1. The fourth-order valence-corrected chi connectivity index (χ4v) is 2.18. The SMILES string of the molecule is [C-]#[N+]c1c(OS(=O)(=O)C(F)(F)F)ccc(OS(=O)(=O)C(F)(F)F)c1C#N. The predicted molar refractivity (Wildman–Crippen MR) is 68.6 cm³/mol. The molecule has 1 aromatic carbocycles. The lowest BCUT2D eigenvalue weighted by atomic mass is 10.1. The van der Waals surface area contributed by atoms with Gasteiger partial charge in [0.1, 0.15) is 5.56 Å². The molecule has 0 heterocycles. The van der Waals surface area contributed by atoms with Crippen molar-refractivity contribution < 1.29 is 51.5 Å². The van der Waals surface area contributed by atoms with Crippen molar-refractivity contribution in [3.8, 4) is 17.6 Å². The van der Waals surface area contributed by atoms with E-state index in [0.717, 1.165) is 6.07 Å². The maximum atomic E-state index is 12.3. The predicted octanol–water partition coefficient (Wildman–Crippen LogP) is 2.57. The van der Waals surface area contributed by atoms with Crippen LogP contribution >= 0.6 is 0 Å². The first-order chi connectivity index (χ1) is 11.6. The van der Waals surface area contributed by atoms with E-state index in [-0.39, 0.29) is 12.1 Å². The number of alkyl halides is 6. The van der Waals surface area contributed by atoms with Gasteiger partial charge in [-0.1, -0.05) is 0 Å². The summed E-state index contributed by atoms with van der Waals surface area (Å²) < 4.78 is 125. The number of nitrogens with zero attached hydrogens (tertiary/aromatic N) is 2. The van der Waals surface area contributed by atoms with Crippen LogP contribution in [0.4, 0.5) is 32.0 Å². The summed E-state index contributed by atoms with van der Waals surface area (Å²) in [6, 6.07) is 1.47. The molecule has 0 N–H and O–H groups in total. The summed E-state index contributed by atoms with van der Waals surface area (Å²) in [5.41, 5.74) is -14.4. The van der Waals surface area contributed by atoms with Crippen LogP contribution in [0.3, 0.4) is 0 Å². The van der Waals surface area contributed by atoms with Crippen molar-refractivity contribution in [2.45, 2.75) is 11.0 Å². The van der Waals surface area contributed by atoms with E-state index in [1.807, 2.05) is 0 Å². The van der Waals surface area contributed by atoms with Gasteiger partial charge < -0.3 is 8.37 Å². The van der Waals surface area contributed by atoms with Gasteiger partial charge >= 0.3 is 31.3 Å². The fraction of sp³-hybridized carbons (Fsp3) is 0.200. The molecule has 1 aromatic rings. The summed E-state index contributed by atoms with van der Waals surface area (Å²) in [6.07, 6.45) is 0. The zero-order valence-corrected chi connectivity index (χ0v) is 13.2. The Morgan fingerprint density at radius 1 is 0.923 bits per heavy atom. The van der Waals surface area contributed by atoms with Crippen molar-refractivity contribution in [3.63, 3.8) is 0 Å². The fourth-order valence-electron chi connectivity index (χ4n) is 1.24. The van der Waals surface area contributed by atoms with Crippen LogP contribution < -0.4 is 8.37 Å². The van der Waals surface area contributed by atoms with E-state index in [9.17, 15) is 43.2 Å². The monoisotopic (exact) mass is 424 g/mol. The van der Waals surface area contributed by atoms with Crippen LogP contribution in [0.1, 0.15) is 5.56 Å². The highest BCUT2D eigenvalue weighted by molar-refractivity contribution is 7.88. The highest BCUT2D eigenvalue weighted by Gasteiger charge is 2.50. The third kappa shape index (κ3) is 4.09. The normalized spacial score (nSPS) is 12.8. The smallest absolute Gasteiger partial charge is 0.388 e. The van der Waals surface area contributed by atoms with E-state index in [1.54, 1.807) is 0 Å². The Bertz CT molecular complexity index is 931. The number of hydrogen-bond donors (Lipinski definition) is 0. The first-order valence-electron chi connectivity index (χ1n) is 5.53. The molecule has 0 fully saturated rings. The molecule has 26 heavy (non-hydrogen) atoms. The van der Waals surface area contributed by atoms with Gasteiger partial charge in [0.25, 0.3) is 5.69 Å². The molecule has 0 radical (unpaired) electrons. The molecule has 0 unspecified atom stereocenters. The number of halogens is 6. The lowest BCUT2D eigenvalue weighted by Crippen LogP contribution is -2.29. The Balaban J connectivity index is 3.54. The Morgan fingerprint density at radius 2 is 1.31 bits per heavy atom. The highest BCUT2D eigenvalue weighted by atomic mass is 32.2. The van der Waals surface area contributed by atoms with Crippen molar-refractivity contribution in [3.05, 3.63) is 29.1 Å². The van der Waals surface area contributed by atoms with Crippen molar-refractivity contribution in [2.24, 2.45) is 0 Å². The third-order valence-corrected chi connectivity index (χ3v) is 4.22. The molecular weight excluding hydrogens is 422 g/mol. The van der Waals surface area contributed by atoms with Gasteiger partial charge in [-0.15, -0.1) is 0 Å². The molecule has 0 aliphatic rings. The first kappa shape index (κ1) is 21.3. The topological polar surface area (TPSA) is 115 Å². The van der Waals surface area contributed by atoms with E-state index >= 15 is 0 Å². The minimum Gasteiger partial charge on any atom is -0.388 e. The Morgan fingerprint density at radius 3 is 1.65 bits per heavy atom. The molecule has 0 amide bonds. The molecule has 16 heteroatoms. The second-order valence-electron chi connectivity index (χ2n) is 3.98. The van der Waals surface area contributed by atoms with Crippen molar-refractivity contribution >= 4 is 25.9 Å². The second-order valence-corrected chi connectivity index (χ2v) is 7.05. The van der Waals surface area contributed by atoms with E-state index < -0.39 is 54.0 Å². The Hall–Kier alpha value is -2.72. The average Bonchev–Trinajstić information content (AvgIpc) is 2.45. The summed E-state index contributed by atoms with van der Waals surface area (Å²) in [6.45, 7) is 6.73. The maximum absolute atomic E-state index is 12.3. The summed E-state index contributed by atoms with van der Waals surface area (Å²) in [5.74, 6) is -2.74. The standard InChI is InChI=1S/C10H2F6N2O6S2/c1-18-8-5(4-17)6(23-25(19,20)9(11,12)13)2-3-7(8)24-26(21,22)10(14,15)16/h2-3H. The van der Waals surface area contributed by atoms with Crippen LogP contribution in [0.5, 0.6) is 11.5 Å². The molecule has 1 rings (SSSR count). The minimum atomic E-state index is -6.27. The average molecular weight is 424 g/mol. The molecular formula is C10H2F6N2O6S2.